The molecule has 0 unspecified atom stereocenters. The number of methoxy groups -OCH3 is 1. The van der Waals surface area contributed by atoms with Crippen LogP contribution in [0.5, 0.6) is 17.2 Å². The molecule has 0 aliphatic carbocycles. The van der Waals surface area contributed by atoms with Crippen LogP contribution >= 0.6 is 23.8 Å². The van der Waals surface area contributed by atoms with Gasteiger partial charge in [0.15, 0.2) is 16.6 Å². The van der Waals surface area contributed by atoms with Crippen molar-refractivity contribution in [3.63, 3.8) is 0 Å². The standard InChI is InChI=1S/C18H13ClN2O5S/c1-26-13-7-2-9(14(22)15(13)23)8-12-16(24)20-18(27)21(17(12)25)11-5-3-10(19)4-6-11/h2-8,22-23H,1H3,(H,20,24,27)/b12-8-. The molecule has 0 bridgehead atoms. The molecule has 2 amide bonds. The van der Waals surface area contributed by atoms with Crippen molar-refractivity contribution in [2.24, 2.45) is 0 Å². The lowest BCUT2D eigenvalue weighted by Gasteiger charge is -2.29. The Kier molecular flexibility index (Phi) is 5.02. The molecule has 1 saturated heterocycles. The van der Waals surface area contributed by atoms with E-state index >= 15 is 0 Å². The molecule has 1 aliphatic heterocycles. The highest BCUT2D eigenvalue weighted by atomic mass is 35.5. The van der Waals surface area contributed by atoms with E-state index in [0.717, 1.165) is 11.0 Å². The first kappa shape index (κ1) is 18.7. The first-order valence-electron chi connectivity index (χ1n) is 7.59. The van der Waals surface area contributed by atoms with E-state index in [2.05, 4.69) is 5.32 Å². The quantitative estimate of drug-likeness (QED) is 0.315. The predicted octanol–water partition coefficient (Wildman–Crippen LogP) is 2.59. The minimum atomic E-state index is -0.718. The summed E-state index contributed by atoms with van der Waals surface area (Å²) in [6.07, 6.45) is 1.16. The molecule has 27 heavy (non-hydrogen) atoms. The lowest BCUT2D eigenvalue weighted by Crippen LogP contribution is -2.54. The van der Waals surface area contributed by atoms with Gasteiger partial charge in [-0.1, -0.05) is 11.6 Å². The smallest absolute Gasteiger partial charge is 0.270 e. The first-order chi connectivity index (χ1) is 12.8. The lowest BCUT2D eigenvalue weighted by molar-refractivity contribution is -0.122. The van der Waals surface area contributed by atoms with Crippen LogP contribution in [-0.2, 0) is 9.59 Å². The van der Waals surface area contributed by atoms with E-state index in [-0.39, 0.29) is 22.0 Å². The summed E-state index contributed by atoms with van der Waals surface area (Å²) in [6.45, 7) is 0. The van der Waals surface area contributed by atoms with Crippen LogP contribution in [0, 0.1) is 0 Å². The summed E-state index contributed by atoms with van der Waals surface area (Å²) in [5.74, 6) is -2.36. The molecule has 0 saturated carbocycles. The highest BCUT2D eigenvalue weighted by molar-refractivity contribution is 7.80. The zero-order chi connectivity index (χ0) is 19.7. The molecule has 138 valence electrons. The third-order valence-electron chi connectivity index (χ3n) is 3.85. The molecule has 2 aromatic carbocycles. The summed E-state index contributed by atoms with van der Waals surface area (Å²) in [4.78, 5) is 26.3. The van der Waals surface area contributed by atoms with Crippen molar-refractivity contribution < 1.29 is 24.5 Å². The van der Waals surface area contributed by atoms with Crippen LogP contribution in [0.4, 0.5) is 5.69 Å². The monoisotopic (exact) mass is 404 g/mol. The molecule has 9 heteroatoms. The molecular weight excluding hydrogens is 392 g/mol. The van der Waals surface area contributed by atoms with E-state index in [9.17, 15) is 19.8 Å². The van der Waals surface area contributed by atoms with Gasteiger partial charge in [-0.2, -0.15) is 0 Å². The van der Waals surface area contributed by atoms with Crippen molar-refractivity contribution in [1.82, 2.24) is 5.32 Å². The Hall–Kier alpha value is -3.10. The second-order valence-corrected chi connectivity index (χ2v) is 6.31. The van der Waals surface area contributed by atoms with Gasteiger partial charge in [0.05, 0.1) is 12.8 Å². The summed E-state index contributed by atoms with van der Waals surface area (Å²) in [7, 11) is 1.33. The van der Waals surface area contributed by atoms with E-state index in [1.54, 1.807) is 24.3 Å². The van der Waals surface area contributed by atoms with Crippen LogP contribution in [0.15, 0.2) is 42.0 Å². The van der Waals surface area contributed by atoms with Gasteiger partial charge in [-0.3, -0.25) is 19.8 Å². The lowest BCUT2D eigenvalue weighted by atomic mass is 10.1. The first-order valence-corrected chi connectivity index (χ1v) is 8.38. The molecule has 2 aromatic rings. The van der Waals surface area contributed by atoms with Crippen molar-refractivity contribution in [3.05, 3.63) is 52.6 Å². The number of hydrogen-bond donors (Lipinski definition) is 3. The Labute approximate surface area is 164 Å². The molecule has 0 aromatic heterocycles. The van der Waals surface area contributed by atoms with Gasteiger partial charge in [-0.05, 0) is 54.7 Å². The number of carbonyl (C=O) groups is 2. The van der Waals surface area contributed by atoms with Gasteiger partial charge in [0.25, 0.3) is 11.8 Å². The Bertz CT molecular complexity index is 988. The van der Waals surface area contributed by atoms with Crippen LogP contribution < -0.4 is 15.0 Å². The van der Waals surface area contributed by atoms with E-state index in [1.807, 2.05) is 0 Å². The third kappa shape index (κ3) is 3.44. The molecule has 1 heterocycles. The van der Waals surface area contributed by atoms with Gasteiger partial charge in [0, 0.05) is 10.6 Å². The van der Waals surface area contributed by atoms with E-state index in [0.29, 0.717) is 10.7 Å². The minimum Gasteiger partial charge on any atom is -0.504 e. The molecule has 0 atom stereocenters. The Morgan fingerprint density at radius 3 is 2.41 bits per heavy atom. The second-order valence-electron chi connectivity index (χ2n) is 5.49. The Morgan fingerprint density at radius 1 is 1.11 bits per heavy atom. The maximum Gasteiger partial charge on any atom is 0.270 e. The highest BCUT2D eigenvalue weighted by Crippen LogP contribution is 2.39. The highest BCUT2D eigenvalue weighted by Gasteiger charge is 2.34. The van der Waals surface area contributed by atoms with Gasteiger partial charge < -0.3 is 14.9 Å². The fourth-order valence-electron chi connectivity index (χ4n) is 2.50. The molecular formula is C18H13ClN2O5S. The van der Waals surface area contributed by atoms with Crippen molar-refractivity contribution >= 4 is 52.5 Å². The molecule has 7 nitrogen and oxygen atoms in total. The Morgan fingerprint density at radius 2 is 1.78 bits per heavy atom. The largest absolute Gasteiger partial charge is 0.504 e. The minimum absolute atomic E-state index is 0.0537. The van der Waals surface area contributed by atoms with E-state index in [1.165, 1.54) is 19.2 Å². The zero-order valence-corrected chi connectivity index (χ0v) is 15.5. The molecule has 0 radical (unpaired) electrons. The number of ether oxygens (including phenoxy) is 1. The number of nitrogens with zero attached hydrogens (tertiary/aromatic N) is 1. The van der Waals surface area contributed by atoms with Crippen molar-refractivity contribution in [1.29, 1.82) is 0 Å². The molecule has 1 fully saturated rings. The number of thiocarbonyl (C=S) groups is 1. The van der Waals surface area contributed by atoms with Crippen molar-refractivity contribution in [3.8, 4) is 17.2 Å². The number of phenols is 2. The van der Waals surface area contributed by atoms with Crippen molar-refractivity contribution in [2.75, 3.05) is 12.0 Å². The number of benzene rings is 2. The van der Waals surface area contributed by atoms with Gasteiger partial charge in [-0.25, -0.2) is 0 Å². The zero-order valence-electron chi connectivity index (χ0n) is 13.9. The number of aromatic hydroxyl groups is 2. The molecule has 0 spiro atoms. The SMILES string of the molecule is COc1ccc(/C=C2/C(=O)NC(=S)N(c3ccc(Cl)cc3)C2=O)c(O)c1O. The molecule has 3 N–H and O–H groups in total. The van der Waals surface area contributed by atoms with Crippen LogP contribution in [0.2, 0.25) is 5.02 Å². The van der Waals surface area contributed by atoms with Gasteiger partial charge in [0.2, 0.25) is 5.75 Å². The summed E-state index contributed by atoms with van der Waals surface area (Å²) < 4.78 is 4.90. The second kappa shape index (κ2) is 7.26. The number of carbonyl (C=O) groups excluding carboxylic acids is 2. The fraction of sp³-hybridized carbons (Fsp3) is 0.0556. The summed E-state index contributed by atoms with van der Waals surface area (Å²) in [5.41, 5.74) is 0.219. The average molecular weight is 405 g/mol. The van der Waals surface area contributed by atoms with E-state index in [4.69, 9.17) is 28.6 Å². The number of nitrogens with one attached hydrogen (secondary N) is 1. The number of phenolic OH excluding ortho intramolecular Hbond substituents is 2. The number of anilines is 1. The summed E-state index contributed by atoms with van der Waals surface area (Å²) >= 11 is 11.0. The van der Waals surface area contributed by atoms with Crippen LogP contribution in [-0.4, -0.2) is 34.2 Å². The van der Waals surface area contributed by atoms with Gasteiger partial charge >= 0.3 is 0 Å². The topological polar surface area (TPSA) is 99.1 Å². The number of amides is 2. The fourth-order valence-corrected chi connectivity index (χ4v) is 2.90. The van der Waals surface area contributed by atoms with Gasteiger partial charge in [0.1, 0.15) is 5.57 Å². The normalized spacial score (nSPS) is 15.9. The third-order valence-corrected chi connectivity index (χ3v) is 4.39. The van der Waals surface area contributed by atoms with E-state index < -0.39 is 23.3 Å². The predicted molar refractivity (Wildman–Crippen MR) is 104 cm³/mol. The maximum absolute atomic E-state index is 12.9. The van der Waals surface area contributed by atoms with Crippen LogP contribution in [0.25, 0.3) is 6.08 Å². The summed E-state index contributed by atoms with van der Waals surface area (Å²) in [5, 5.41) is 22.8. The van der Waals surface area contributed by atoms with Crippen molar-refractivity contribution in [2.45, 2.75) is 0 Å². The Balaban J connectivity index is 2.04. The summed E-state index contributed by atoms with van der Waals surface area (Å²) in [6, 6.07) is 9.13. The number of halogens is 1. The van der Waals surface area contributed by atoms with Gasteiger partial charge in [-0.15, -0.1) is 0 Å². The molecule has 1 aliphatic rings. The average Bonchev–Trinajstić information content (AvgIpc) is 2.63. The number of rotatable bonds is 3. The van der Waals surface area contributed by atoms with Crippen LogP contribution in [0.3, 0.4) is 0 Å². The maximum atomic E-state index is 12.9. The molecule has 3 rings (SSSR count). The van der Waals surface area contributed by atoms with Crippen LogP contribution in [0.1, 0.15) is 5.56 Å². The number of hydrogen-bond acceptors (Lipinski definition) is 6.